The molecule has 0 aliphatic heterocycles. The number of nitrogens with zero attached hydrogens (tertiary/aromatic N) is 3. The summed E-state index contributed by atoms with van der Waals surface area (Å²) in [6.45, 7) is 4.03. The topological polar surface area (TPSA) is 68.5 Å². The Morgan fingerprint density at radius 1 is 1.00 bits per heavy atom. The van der Waals surface area contributed by atoms with Gasteiger partial charge < -0.3 is 4.74 Å². The van der Waals surface area contributed by atoms with Crippen molar-refractivity contribution in [3.8, 4) is 22.7 Å². The number of nitrogens with one attached hydrogen (secondary N) is 1. The molecule has 4 rings (SSSR count). The van der Waals surface area contributed by atoms with Crippen LogP contribution >= 0.6 is 0 Å². The summed E-state index contributed by atoms with van der Waals surface area (Å²) in [5.74, 6) is 0.360. The Hall–Kier alpha value is -4.45. The van der Waals surface area contributed by atoms with E-state index < -0.39 is 0 Å². The summed E-state index contributed by atoms with van der Waals surface area (Å²) >= 11 is 0. The van der Waals surface area contributed by atoms with Gasteiger partial charge in [0, 0.05) is 22.9 Å². The standard InChI is InChI=1S/C26H22N4O2/c1-2-17-32-24-15-13-21(14-16-24)26(31)28-27-18-22-19-30(23-11-7-4-8-12-23)29-25(22)20-9-5-3-6-10-20/h2-16,18-19H,1,17H2,(H,28,31)/b27-18+. The number of hydrogen-bond acceptors (Lipinski definition) is 4. The molecule has 0 bridgehead atoms. The first-order chi connectivity index (χ1) is 15.7. The highest BCUT2D eigenvalue weighted by Crippen LogP contribution is 2.22. The summed E-state index contributed by atoms with van der Waals surface area (Å²) in [5, 5.41) is 8.89. The molecule has 0 aliphatic rings. The lowest BCUT2D eigenvalue weighted by atomic mass is 10.1. The van der Waals surface area contributed by atoms with Gasteiger partial charge in [-0.25, -0.2) is 10.1 Å². The van der Waals surface area contributed by atoms with Gasteiger partial charge in [0.2, 0.25) is 0 Å². The van der Waals surface area contributed by atoms with E-state index in [1.807, 2.05) is 66.9 Å². The summed E-state index contributed by atoms with van der Waals surface area (Å²) in [4.78, 5) is 12.4. The molecule has 1 aromatic heterocycles. The highest BCUT2D eigenvalue weighted by molar-refractivity contribution is 5.95. The summed E-state index contributed by atoms with van der Waals surface area (Å²) < 4.78 is 7.23. The smallest absolute Gasteiger partial charge is 0.271 e. The predicted octanol–water partition coefficient (Wildman–Crippen LogP) is 4.87. The molecule has 32 heavy (non-hydrogen) atoms. The van der Waals surface area contributed by atoms with E-state index in [2.05, 4.69) is 17.1 Å². The van der Waals surface area contributed by atoms with E-state index in [0.29, 0.717) is 17.9 Å². The van der Waals surface area contributed by atoms with Crippen LogP contribution in [0.4, 0.5) is 0 Å². The van der Waals surface area contributed by atoms with Gasteiger partial charge in [-0.15, -0.1) is 0 Å². The lowest BCUT2D eigenvalue weighted by Gasteiger charge is -2.04. The fourth-order valence-electron chi connectivity index (χ4n) is 3.10. The Bertz CT molecular complexity index is 1210. The van der Waals surface area contributed by atoms with Gasteiger partial charge in [-0.3, -0.25) is 4.79 Å². The zero-order valence-electron chi connectivity index (χ0n) is 17.4. The third-order valence-electron chi connectivity index (χ3n) is 4.66. The molecule has 3 aromatic carbocycles. The molecule has 0 atom stereocenters. The Morgan fingerprint density at radius 2 is 1.69 bits per heavy atom. The number of para-hydroxylation sites is 1. The first kappa shape index (κ1) is 20.8. The molecular weight excluding hydrogens is 400 g/mol. The van der Waals surface area contributed by atoms with Gasteiger partial charge in [-0.2, -0.15) is 10.2 Å². The van der Waals surface area contributed by atoms with Crippen LogP contribution < -0.4 is 10.2 Å². The van der Waals surface area contributed by atoms with Crippen LogP contribution in [-0.4, -0.2) is 28.5 Å². The van der Waals surface area contributed by atoms with E-state index >= 15 is 0 Å². The number of hydrogen-bond donors (Lipinski definition) is 1. The van der Waals surface area contributed by atoms with Crippen LogP contribution in [0, 0.1) is 0 Å². The Labute approximate surface area is 186 Å². The van der Waals surface area contributed by atoms with Crippen LogP contribution in [0.3, 0.4) is 0 Å². The second kappa shape index (κ2) is 10.0. The monoisotopic (exact) mass is 422 g/mol. The van der Waals surface area contributed by atoms with Gasteiger partial charge in [-0.1, -0.05) is 61.2 Å². The third kappa shape index (κ3) is 4.99. The predicted molar refractivity (Wildman–Crippen MR) is 126 cm³/mol. The molecule has 1 amide bonds. The first-order valence-electron chi connectivity index (χ1n) is 10.1. The number of carbonyl (C=O) groups is 1. The SMILES string of the molecule is C=CCOc1ccc(C(=O)N/N=C/c2cn(-c3ccccc3)nc2-c2ccccc2)cc1. The van der Waals surface area contributed by atoms with Gasteiger partial charge in [0.25, 0.3) is 5.91 Å². The Kier molecular flexibility index (Phi) is 6.53. The van der Waals surface area contributed by atoms with Gasteiger partial charge in [-0.05, 0) is 36.4 Å². The largest absolute Gasteiger partial charge is 0.490 e. The third-order valence-corrected chi connectivity index (χ3v) is 4.66. The van der Waals surface area contributed by atoms with Crippen molar-refractivity contribution in [3.05, 3.63) is 115 Å². The zero-order valence-corrected chi connectivity index (χ0v) is 17.4. The average molecular weight is 422 g/mol. The van der Waals surface area contributed by atoms with E-state index in [4.69, 9.17) is 9.84 Å². The molecule has 6 heteroatoms. The van der Waals surface area contributed by atoms with Crippen molar-refractivity contribution in [2.45, 2.75) is 0 Å². The molecule has 0 saturated heterocycles. The minimum atomic E-state index is -0.312. The van der Waals surface area contributed by atoms with Crippen molar-refractivity contribution in [1.29, 1.82) is 0 Å². The number of carbonyl (C=O) groups excluding carboxylic acids is 1. The number of rotatable bonds is 8. The van der Waals surface area contributed by atoms with Gasteiger partial charge >= 0.3 is 0 Å². The van der Waals surface area contributed by atoms with Crippen LogP contribution in [0.15, 0.2) is 109 Å². The summed E-state index contributed by atoms with van der Waals surface area (Å²) in [6.07, 6.45) is 5.16. The fraction of sp³-hybridized carbons (Fsp3) is 0.0385. The van der Waals surface area contributed by atoms with Crippen molar-refractivity contribution >= 4 is 12.1 Å². The molecule has 0 aliphatic carbocycles. The van der Waals surface area contributed by atoms with E-state index in [0.717, 1.165) is 22.5 Å². The van der Waals surface area contributed by atoms with E-state index in [9.17, 15) is 4.79 Å². The van der Waals surface area contributed by atoms with Crippen LogP contribution in [-0.2, 0) is 0 Å². The molecule has 0 unspecified atom stereocenters. The summed E-state index contributed by atoms with van der Waals surface area (Å²) in [5.41, 5.74) is 6.52. The lowest BCUT2D eigenvalue weighted by Crippen LogP contribution is -2.17. The normalized spacial score (nSPS) is 10.8. The Morgan fingerprint density at radius 3 is 2.38 bits per heavy atom. The molecule has 158 valence electrons. The number of aromatic nitrogens is 2. The first-order valence-corrected chi connectivity index (χ1v) is 10.1. The van der Waals surface area contributed by atoms with Gasteiger partial charge in [0.05, 0.1) is 11.9 Å². The van der Waals surface area contributed by atoms with Crippen LogP contribution in [0.1, 0.15) is 15.9 Å². The molecule has 0 fully saturated rings. The molecule has 1 N–H and O–H groups in total. The molecule has 1 heterocycles. The molecule has 0 radical (unpaired) electrons. The minimum absolute atomic E-state index is 0.312. The van der Waals surface area contributed by atoms with Crippen molar-refractivity contribution in [2.24, 2.45) is 5.10 Å². The molecule has 6 nitrogen and oxygen atoms in total. The van der Waals surface area contributed by atoms with Crippen molar-refractivity contribution in [2.75, 3.05) is 6.61 Å². The van der Waals surface area contributed by atoms with Crippen LogP contribution in [0.25, 0.3) is 16.9 Å². The number of hydrazone groups is 1. The number of benzene rings is 3. The van der Waals surface area contributed by atoms with Crippen molar-refractivity contribution < 1.29 is 9.53 Å². The number of ether oxygens (including phenoxy) is 1. The molecule has 0 spiro atoms. The van der Waals surface area contributed by atoms with Crippen molar-refractivity contribution in [3.63, 3.8) is 0 Å². The van der Waals surface area contributed by atoms with E-state index in [-0.39, 0.29) is 5.91 Å². The van der Waals surface area contributed by atoms with Gasteiger partial charge in [0.1, 0.15) is 18.1 Å². The highest BCUT2D eigenvalue weighted by atomic mass is 16.5. The number of amides is 1. The van der Waals surface area contributed by atoms with Crippen LogP contribution in [0.5, 0.6) is 5.75 Å². The zero-order chi connectivity index (χ0) is 22.2. The van der Waals surface area contributed by atoms with Crippen molar-refractivity contribution in [1.82, 2.24) is 15.2 Å². The van der Waals surface area contributed by atoms with Crippen LogP contribution in [0.2, 0.25) is 0 Å². The Balaban J connectivity index is 1.53. The second-order valence-corrected chi connectivity index (χ2v) is 6.90. The quantitative estimate of drug-likeness (QED) is 0.250. The van der Waals surface area contributed by atoms with E-state index in [1.54, 1.807) is 41.2 Å². The maximum atomic E-state index is 12.4. The molecule has 4 aromatic rings. The summed E-state index contributed by atoms with van der Waals surface area (Å²) in [6, 6.07) is 26.5. The van der Waals surface area contributed by atoms with Gasteiger partial charge in [0.15, 0.2) is 0 Å². The molecule has 0 saturated carbocycles. The van der Waals surface area contributed by atoms with E-state index in [1.165, 1.54) is 0 Å². The maximum Gasteiger partial charge on any atom is 0.271 e. The second-order valence-electron chi connectivity index (χ2n) is 6.90. The lowest BCUT2D eigenvalue weighted by molar-refractivity contribution is 0.0955. The molecular formula is C26H22N4O2. The summed E-state index contributed by atoms with van der Waals surface area (Å²) in [7, 11) is 0. The average Bonchev–Trinajstić information content (AvgIpc) is 3.28. The highest BCUT2D eigenvalue weighted by Gasteiger charge is 2.11. The minimum Gasteiger partial charge on any atom is -0.490 e. The fourth-order valence-corrected chi connectivity index (χ4v) is 3.10. The maximum absolute atomic E-state index is 12.4.